The lowest BCUT2D eigenvalue weighted by Crippen LogP contribution is -2.28. The topological polar surface area (TPSA) is 78.4 Å². The molecule has 0 unspecified atom stereocenters. The van der Waals surface area contributed by atoms with Crippen LogP contribution in [0.2, 0.25) is 0 Å². The molecule has 1 saturated heterocycles. The van der Waals surface area contributed by atoms with Crippen LogP contribution in [0.15, 0.2) is 18.2 Å². The van der Waals surface area contributed by atoms with Gasteiger partial charge in [-0.15, -0.1) is 0 Å². The second-order valence-electron chi connectivity index (χ2n) is 5.62. The van der Waals surface area contributed by atoms with E-state index in [1.165, 1.54) is 6.07 Å². The summed E-state index contributed by atoms with van der Waals surface area (Å²) < 4.78 is 0. The van der Waals surface area contributed by atoms with E-state index in [1.54, 1.807) is 12.1 Å². The van der Waals surface area contributed by atoms with Gasteiger partial charge in [-0.25, -0.2) is 4.79 Å². The van der Waals surface area contributed by atoms with Crippen molar-refractivity contribution >= 4 is 17.6 Å². The van der Waals surface area contributed by atoms with E-state index in [9.17, 15) is 9.59 Å². The van der Waals surface area contributed by atoms with E-state index < -0.39 is 5.97 Å². The van der Waals surface area contributed by atoms with Crippen LogP contribution in [0.1, 0.15) is 41.6 Å². The third-order valence-corrected chi connectivity index (χ3v) is 4.00. The van der Waals surface area contributed by atoms with Crippen LogP contribution in [-0.4, -0.2) is 30.1 Å². The first kappa shape index (κ1) is 15.5. The zero-order valence-electron chi connectivity index (χ0n) is 12.3. The summed E-state index contributed by atoms with van der Waals surface area (Å²) in [6.07, 6.45) is 3.63. The van der Waals surface area contributed by atoms with Crippen LogP contribution in [0, 0.1) is 12.8 Å². The molecule has 0 spiro atoms. The van der Waals surface area contributed by atoms with Crippen molar-refractivity contribution in [2.75, 3.05) is 18.4 Å². The summed E-state index contributed by atoms with van der Waals surface area (Å²) in [4.78, 5) is 23.0. The summed E-state index contributed by atoms with van der Waals surface area (Å²) in [5, 5.41) is 15.1. The van der Waals surface area contributed by atoms with E-state index >= 15 is 0 Å². The second kappa shape index (κ2) is 7.22. The fourth-order valence-electron chi connectivity index (χ4n) is 2.61. The molecule has 5 heteroatoms. The van der Waals surface area contributed by atoms with Gasteiger partial charge in [-0.3, -0.25) is 4.79 Å². The fourth-order valence-corrected chi connectivity index (χ4v) is 2.61. The molecule has 0 bridgehead atoms. The third-order valence-electron chi connectivity index (χ3n) is 4.00. The van der Waals surface area contributed by atoms with E-state index in [4.69, 9.17) is 5.11 Å². The zero-order valence-corrected chi connectivity index (χ0v) is 12.3. The summed E-state index contributed by atoms with van der Waals surface area (Å²) in [5.41, 5.74) is 1.65. The lowest BCUT2D eigenvalue weighted by Gasteiger charge is -2.22. The molecule has 0 radical (unpaired) electrons. The lowest BCUT2D eigenvalue weighted by molar-refractivity contribution is -0.116. The van der Waals surface area contributed by atoms with Crippen LogP contribution in [-0.2, 0) is 4.79 Å². The number of rotatable bonds is 5. The van der Waals surface area contributed by atoms with Crippen molar-refractivity contribution in [2.45, 2.75) is 32.6 Å². The molecule has 0 saturated carbocycles. The summed E-state index contributed by atoms with van der Waals surface area (Å²) in [5.74, 6) is -0.414. The van der Waals surface area contributed by atoms with Gasteiger partial charge in [-0.1, -0.05) is 6.07 Å². The maximum absolute atomic E-state index is 12.0. The van der Waals surface area contributed by atoms with Gasteiger partial charge in [-0.2, -0.15) is 0 Å². The number of aromatic carboxylic acids is 1. The van der Waals surface area contributed by atoms with E-state index in [2.05, 4.69) is 10.6 Å². The Hall–Kier alpha value is -1.88. The predicted molar refractivity (Wildman–Crippen MR) is 81.6 cm³/mol. The molecule has 0 aliphatic carbocycles. The largest absolute Gasteiger partial charge is 0.478 e. The number of benzene rings is 1. The van der Waals surface area contributed by atoms with Gasteiger partial charge >= 0.3 is 5.97 Å². The molecule has 3 N–H and O–H groups in total. The number of aryl methyl sites for hydroxylation is 1. The second-order valence-corrected chi connectivity index (χ2v) is 5.62. The Morgan fingerprint density at radius 1 is 1.33 bits per heavy atom. The lowest BCUT2D eigenvalue weighted by atomic mass is 9.93. The quantitative estimate of drug-likeness (QED) is 0.778. The Labute approximate surface area is 124 Å². The van der Waals surface area contributed by atoms with Crippen molar-refractivity contribution in [1.29, 1.82) is 0 Å². The van der Waals surface area contributed by atoms with Gasteiger partial charge in [-0.05, 0) is 62.9 Å². The number of carboxylic acid groups (broad SMARTS) is 1. The number of carbonyl (C=O) groups is 2. The van der Waals surface area contributed by atoms with Gasteiger partial charge in [0.25, 0.3) is 0 Å². The Morgan fingerprint density at radius 3 is 2.71 bits per heavy atom. The minimum atomic E-state index is -0.986. The van der Waals surface area contributed by atoms with E-state index in [0.29, 0.717) is 18.0 Å². The number of carbonyl (C=O) groups excluding carboxylic acids is 1. The molecule has 1 aliphatic rings. The summed E-state index contributed by atoms with van der Waals surface area (Å²) in [6.45, 7) is 3.92. The Kier molecular flexibility index (Phi) is 5.33. The molecule has 1 aliphatic heterocycles. The molecule has 21 heavy (non-hydrogen) atoms. The fraction of sp³-hybridized carbons (Fsp3) is 0.500. The average Bonchev–Trinajstić information content (AvgIpc) is 2.48. The van der Waals surface area contributed by atoms with Crippen molar-refractivity contribution in [2.24, 2.45) is 5.92 Å². The molecule has 0 aromatic heterocycles. The smallest absolute Gasteiger partial charge is 0.335 e. The molecular formula is C16H22N2O3. The standard InChI is InChI=1S/C16H22N2O3/c1-11-2-4-13(16(20)21)10-14(11)18-15(19)5-3-12-6-8-17-9-7-12/h2,4,10,12,17H,3,5-9H2,1H3,(H,18,19)(H,20,21). The van der Waals surface area contributed by atoms with Crippen molar-refractivity contribution in [1.82, 2.24) is 5.32 Å². The van der Waals surface area contributed by atoms with Crippen LogP contribution in [0.5, 0.6) is 0 Å². The normalized spacial score (nSPS) is 15.7. The van der Waals surface area contributed by atoms with Gasteiger partial charge in [0.2, 0.25) is 5.91 Å². The zero-order chi connectivity index (χ0) is 15.2. The molecule has 1 aromatic rings. The number of amides is 1. The average molecular weight is 290 g/mol. The number of carboxylic acids is 1. The highest BCUT2D eigenvalue weighted by molar-refractivity contribution is 5.94. The Bertz CT molecular complexity index is 522. The predicted octanol–water partition coefficient (Wildman–Crippen LogP) is 2.41. The molecular weight excluding hydrogens is 268 g/mol. The highest BCUT2D eigenvalue weighted by atomic mass is 16.4. The molecule has 0 atom stereocenters. The van der Waals surface area contributed by atoms with Gasteiger partial charge in [0.1, 0.15) is 0 Å². The van der Waals surface area contributed by atoms with Crippen molar-refractivity contribution < 1.29 is 14.7 Å². The molecule has 1 heterocycles. The molecule has 5 nitrogen and oxygen atoms in total. The first-order valence-electron chi connectivity index (χ1n) is 7.41. The van der Waals surface area contributed by atoms with E-state index in [1.807, 2.05) is 6.92 Å². The minimum Gasteiger partial charge on any atom is -0.478 e. The monoisotopic (exact) mass is 290 g/mol. The number of hydrogen-bond acceptors (Lipinski definition) is 3. The highest BCUT2D eigenvalue weighted by Gasteiger charge is 2.15. The van der Waals surface area contributed by atoms with Crippen LogP contribution in [0.25, 0.3) is 0 Å². The first-order chi connectivity index (χ1) is 10.1. The molecule has 1 aromatic carbocycles. The summed E-state index contributed by atoms with van der Waals surface area (Å²) in [7, 11) is 0. The third kappa shape index (κ3) is 4.56. The van der Waals surface area contributed by atoms with Gasteiger partial charge in [0.05, 0.1) is 5.56 Å². The van der Waals surface area contributed by atoms with Gasteiger partial charge in [0, 0.05) is 12.1 Å². The number of hydrogen-bond donors (Lipinski definition) is 3. The number of piperidine rings is 1. The number of nitrogens with one attached hydrogen (secondary N) is 2. The van der Waals surface area contributed by atoms with E-state index in [-0.39, 0.29) is 11.5 Å². The Morgan fingerprint density at radius 2 is 2.05 bits per heavy atom. The van der Waals surface area contributed by atoms with Gasteiger partial charge < -0.3 is 15.7 Å². The number of anilines is 1. The molecule has 114 valence electrons. The maximum atomic E-state index is 12.0. The summed E-state index contributed by atoms with van der Waals surface area (Å²) in [6, 6.07) is 4.77. The van der Waals surface area contributed by atoms with Crippen LogP contribution in [0.4, 0.5) is 5.69 Å². The Balaban J connectivity index is 1.89. The molecule has 2 rings (SSSR count). The van der Waals surface area contributed by atoms with Gasteiger partial charge in [0.15, 0.2) is 0 Å². The van der Waals surface area contributed by atoms with Crippen LogP contribution >= 0.6 is 0 Å². The molecule has 1 amide bonds. The maximum Gasteiger partial charge on any atom is 0.335 e. The first-order valence-corrected chi connectivity index (χ1v) is 7.41. The van der Waals surface area contributed by atoms with Crippen LogP contribution in [0.3, 0.4) is 0 Å². The molecule has 1 fully saturated rings. The van der Waals surface area contributed by atoms with Crippen LogP contribution < -0.4 is 10.6 Å². The SMILES string of the molecule is Cc1ccc(C(=O)O)cc1NC(=O)CCC1CCNCC1. The van der Waals surface area contributed by atoms with Crippen molar-refractivity contribution in [3.63, 3.8) is 0 Å². The van der Waals surface area contributed by atoms with Crippen molar-refractivity contribution in [3.8, 4) is 0 Å². The van der Waals surface area contributed by atoms with E-state index in [0.717, 1.165) is 37.9 Å². The van der Waals surface area contributed by atoms with Crippen molar-refractivity contribution in [3.05, 3.63) is 29.3 Å². The minimum absolute atomic E-state index is 0.0424. The highest BCUT2D eigenvalue weighted by Crippen LogP contribution is 2.20. The summed E-state index contributed by atoms with van der Waals surface area (Å²) >= 11 is 0.